The molecule has 132 heavy (non-hydrogen) atoms. The van der Waals surface area contributed by atoms with Gasteiger partial charge in [0.15, 0.2) is 17.1 Å². The average Bonchev–Trinajstić information content (AvgIpc) is 0.976. The third-order valence-electron chi connectivity index (χ3n) is 31.2. The monoisotopic (exact) mass is 1800 g/mol. The number of carbonyl (C=O) groups is 6. The second-order valence-corrected chi connectivity index (χ2v) is 41.9. The number of benzene rings is 3. The van der Waals surface area contributed by atoms with Gasteiger partial charge in [0.2, 0.25) is 0 Å². The summed E-state index contributed by atoms with van der Waals surface area (Å²) < 4.78 is 35.4. The van der Waals surface area contributed by atoms with E-state index in [1.807, 2.05) is 125 Å². The van der Waals surface area contributed by atoms with Crippen LogP contribution in [0.2, 0.25) is 0 Å². The number of methoxy groups -OCH3 is 3. The number of nitrogens with one attached hydrogen (secondary N) is 2. The van der Waals surface area contributed by atoms with Crippen molar-refractivity contribution in [3.8, 4) is 50.6 Å². The van der Waals surface area contributed by atoms with Gasteiger partial charge in [-0.3, -0.25) is 23.6 Å². The standard InChI is InChI=1S/C36H45N5O4.C35H42N4O5.C32H37N5O4.CH5N/c1-21-28(19-38-41(21)36-16-22-13-23(17-36)15-24(14-22)18-36)26-8-10-31(39-32(26)34(43)45-35(2,3)4)40-12-11-25-29(20-40)27(33(42)37-5)7-9-30(25)44-6;1-20-27(18-36-39(20)35-15-21-12-22(16-35)14-23(13-21)17-35)25-7-9-30(37-31(25)33(42)44-34(2,3)4)38-11-10-24-28(19-38)26(32(40)41)6-8-29(24)43-5;1-18-25(16-34-37(18)32-13-19-10-20(14-32)12-21(11-19)15-32)23-5-7-28(35-29(23)31(39)40)36-9-8-22-26(17-36)24(30(38)33-2)4-6-27(22)41-3;1-2/h7-10,19,22-24H,11-18,20H2,1-6H3,(H,37,42);6-9,18,21-23H,10-17,19H2,1-5H3,(H,40,41);4-7,16,19-21H,8-15,17H2,1-3H3,(H,33,38)(H,39,40);2H2,1H3. The van der Waals surface area contributed by atoms with Gasteiger partial charge in [-0.2, -0.15) is 15.3 Å². The zero-order chi connectivity index (χ0) is 93.1. The quantitative estimate of drug-likeness (QED) is 0.0498. The summed E-state index contributed by atoms with van der Waals surface area (Å²) in [6.45, 7) is 20.7. The Morgan fingerprint density at radius 2 is 0.636 bits per heavy atom. The molecule has 0 radical (unpaired) electrons. The summed E-state index contributed by atoms with van der Waals surface area (Å²) in [7, 11) is 9.65. The lowest BCUT2D eigenvalue weighted by Gasteiger charge is -2.57. The van der Waals surface area contributed by atoms with Crippen LogP contribution in [0, 0.1) is 74.0 Å². The maximum absolute atomic E-state index is 13.8. The van der Waals surface area contributed by atoms with E-state index in [9.17, 15) is 39.0 Å². The lowest BCUT2D eigenvalue weighted by Crippen LogP contribution is -2.52. The van der Waals surface area contributed by atoms with Gasteiger partial charge in [0.05, 0.1) is 62.1 Å². The van der Waals surface area contributed by atoms with E-state index in [0.29, 0.717) is 115 Å². The molecule has 2 amide bonds. The molecule has 0 atom stereocenters. The fourth-order valence-electron chi connectivity index (χ4n) is 27.1. The first-order valence-corrected chi connectivity index (χ1v) is 47.7. The van der Waals surface area contributed by atoms with E-state index in [0.717, 1.165) is 132 Å². The van der Waals surface area contributed by atoms with Crippen LogP contribution in [-0.2, 0) is 65.0 Å². The van der Waals surface area contributed by atoms with E-state index < -0.39 is 35.1 Å². The molecule has 6 N–H and O–H groups in total. The van der Waals surface area contributed by atoms with E-state index in [-0.39, 0.29) is 45.4 Å². The molecule has 12 aliphatic carbocycles. The van der Waals surface area contributed by atoms with Crippen molar-refractivity contribution in [2.45, 2.75) is 245 Å². The first kappa shape index (κ1) is 90.8. The van der Waals surface area contributed by atoms with Crippen LogP contribution in [0.15, 0.2) is 91.4 Å². The number of aromatic nitrogens is 9. The topological polar surface area (TPSA) is 341 Å². The van der Waals surface area contributed by atoms with Crippen molar-refractivity contribution in [2.24, 2.45) is 59.0 Å². The minimum atomic E-state index is -1.06. The molecule has 9 aromatic rings. The summed E-state index contributed by atoms with van der Waals surface area (Å²) in [5, 5.41) is 40.6. The highest BCUT2D eigenvalue weighted by atomic mass is 16.6. The number of anilines is 3. The van der Waals surface area contributed by atoms with Crippen molar-refractivity contribution in [3.63, 3.8) is 0 Å². The number of esters is 2. The smallest absolute Gasteiger partial charge is 0.358 e. The number of nitrogens with zero attached hydrogens (tertiary/aromatic N) is 12. The number of hydrogen-bond acceptors (Lipinski definition) is 21. The molecular formula is C104H129N15O13. The number of carboxylic acid groups (broad SMARTS) is 2. The van der Waals surface area contributed by atoms with Crippen molar-refractivity contribution >= 4 is 53.1 Å². The number of nitrogens with two attached hydrogens (primary N) is 1. The van der Waals surface area contributed by atoms with E-state index in [2.05, 4.69) is 61.1 Å². The molecule has 0 saturated heterocycles. The third-order valence-corrected chi connectivity index (χ3v) is 31.2. The zero-order valence-corrected chi connectivity index (χ0v) is 79.3. The van der Waals surface area contributed by atoms with Gasteiger partial charge < -0.3 is 65.0 Å². The Labute approximate surface area is 773 Å². The van der Waals surface area contributed by atoms with Crippen molar-refractivity contribution in [1.82, 2.24) is 54.9 Å². The number of carbonyl (C=O) groups excluding carboxylic acids is 4. The molecule has 24 rings (SSSR count). The molecule has 12 fully saturated rings. The molecular weight excluding hydrogens is 1670 g/mol. The van der Waals surface area contributed by atoms with Gasteiger partial charge in [-0.1, -0.05) is 0 Å². The maximum atomic E-state index is 13.8. The van der Waals surface area contributed by atoms with Gasteiger partial charge in [0, 0.05) is 132 Å². The predicted molar refractivity (Wildman–Crippen MR) is 503 cm³/mol. The van der Waals surface area contributed by atoms with Gasteiger partial charge in [-0.15, -0.1) is 0 Å². The van der Waals surface area contributed by atoms with E-state index >= 15 is 0 Å². The number of amides is 2. The summed E-state index contributed by atoms with van der Waals surface area (Å²) in [4.78, 5) is 98.4. The Morgan fingerprint density at radius 3 is 0.894 bits per heavy atom. The molecule has 6 aromatic heterocycles. The van der Waals surface area contributed by atoms with Crippen molar-refractivity contribution < 1.29 is 62.7 Å². The van der Waals surface area contributed by atoms with Crippen molar-refractivity contribution in [3.05, 3.63) is 176 Å². The van der Waals surface area contributed by atoms with Crippen molar-refractivity contribution in [1.29, 1.82) is 0 Å². The number of pyridine rings is 3. The largest absolute Gasteiger partial charge is 0.496 e. The highest BCUT2D eigenvalue weighted by Gasteiger charge is 2.56. The molecule has 3 aliphatic heterocycles. The van der Waals surface area contributed by atoms with Gasteiger partial charge in [-0.05, 0) is 347 Å². The number of ether oxygens (including phenoxy) is 5. The molecule has 698 valence electrons. The maximum Gasteiger partial charge on any atom is 0.358 e. The Kier molecular flexibility index (Phi) is 24.3. The van der Waals surface area contributed by atoms with E-state index in [1.54, 1.807) is 53.6 Å². The van der Waals surface area contributed by atoms with Crippen LogP contribution in [0.25, 0.3) is 33.4 Å². The summed E-state index contributed by atoms with van der Waals surface area (Å²) >= 11 is 0. The second-order valence-electron chi connectivity index (χ2n) is 41.9. The zero-order valence-electron chi connectivity index (χ0n) is 79.3. The number of fused-ring (bicyclic) bond motifs is 3. The van der Waals surface area contributed by atoms with Crippen LogP contribution in [0.4, 0.5) is 17.5 Å². The summed E-state index contributed by atoms with van der Waals surface area (Å²) in [6.07, 6.45) is 30.7. The van der Waals surface area contributed by atoms with Crippen LogP contribution < -0.4 is 45.3 Å². The van der Waals surface area contributed by atoms with E-state index in [4.69, 9.17) is 48.9 Å². The van der Waals surface area contributed by atoms with Crippen LogP contribution in [0.5, 0.6) is 17.2 Å². The van der Waals surface area contributed by atoms with Gasteiger partial charge in [-0.25, -0.2) is 34.1 Å². The number of carboxylic acids is 2. The molecule has 28 heteroatoms. The molecule has 15 aliphatic rings. The summed E-state index contributed by atoms with van der Waals surface area (Å²) in [6, 6.07) is 22.2. The fourth-order valence-corrected chi connectivity index (χ4v) is 27.1. The molecule has 12 saturated carbocycles. The molecule has 0 unspecified atom stereocenters. The van der Waals surface area contributed by atoms with Crippen LogP contribution in [-0.4, -0.2) is 164 Å². The fraction of sp³-hybridized carbons (Fsp3) is 0.538. The summed E-state index contributed by atoms with van der Waals surface area (Å²) in [5.74, 6) is 7.98. The predicted octanol–water partition coefficient (Wildman–Crippen LogP) is 16.9. The van der Waals surface area contributed by atoms with Crippen LogP contribution in [0.3, 0.4) is 0 Å². The van der Waals surface area contributed by atoms with Gasteiger partial charge in [0.25, 0.3) is 11.8 Å². The number of hydrogen-bond donors (Lipinski definition) is 5. The lowest BCUT2D eigenvalue weighted by atomic mass is 9.53. The molecule has 9 heterocycles. The molecule has 28 nitrogen and oxygen atoms in total. The third kappa shape index (κ3) is 16.8. The van der Waals surface area contributed by atoms with Gasteiger partial charge in [0.1, 0.15) is 45.9 Å². The SMILES string of the molecule is CN.CNC(=O)c1ccc(OC)c2c1CN(c1ccc(-c3cnn(C45CC6CC(CC(C6)C4)C5)c3C)c(C(=O)O)n1)CC2.CNC(=O)c1ccc(OC)c2c1CN(c1ccc(-c3cnn(C45CC6CC(CC(C6)C4)C5)c3C)c(C(=O)OC(C)(C)C)n1)CC2.COc1ccc(C(=O)O)c2c1CCN(c1ccc(-c3cnn(C45CC6CC(CC(C6)C4)C5)c3C)c(C(=O)OC(C)(C)C)n1)C2. The van der Waals surface area contributed by atoms with Crippen LogP contribution in [0.1, 0.15) is 270 Å². The van der Waals surface area contributed by atoms with Crippen LogP contribution >= 0.6 is 0 Å². The van der Waals surface area contributed by atoms with E-state index in [1.165, 1.54) is 123 Å². The number of aromatic carboxylic acids is 2. The first-order chi connectivity index (χ1) is 63.2. The van der Waals surface area contributed by atoms with Crippen molar-refractivity contribution in [2.75, 3.05) is 76.8 Å². The minimum absolute atomic E-state index is 0.0265. The molecule has 12 bridgehead atoms. The first-order valence-electron chi connectivity index (χ1n) is 47.7. The Bertz CT molecular complexity index is 5920. The average molecular weight is 1800 g/mol. The lowest BCUT2D eigenvalue weighted by molar-refractivity contribution is -0.0504. The Hall–Kier alpha value is -11.7. The normalized spacial score (nSPS) is 25.3. The second kappa shape index (κ2) is 35.4. The Balaban J connectivity index is 0.000000132. The summed E-state index contributed by atoms with van der Waals surface area (Å²) in [5.41, 5.74) is 18.7. The highest BCUT2D eigenvalue weighted by molar-refractivity contribution is 6.00. The molecule has 3 aromatic carbocycles. The Morgan fingerprint density at radius 1 is 0.371 bits per heavy atom. The number of rotatable bonds is 18. The minimum Gasteiger partial charge on any atom is -0.496 e. The molecule has 0 spiro atoms. The van der Waals surface area contributed by atoms with Gasteiger partial charge >= 0.3 is 23.9 Å². The highest BCUT2D eigenvalue weighted by Crippen LogP contribution is 2.63.